The molecule has 4 nitrogen and oxygen atoms in total. The number of benzene rings is 2. The third-order valence-electron chi connectivity index (χ3n) is 3.31. The molecule has 0 radical (unpaired) electrons. The van der Waals surface area contributed by atoms with Gasteiger partial charge in [-0.05, 0) is 30.3 Å². The topological polar surface area (TPSA) is 49.4 Å². The van der Waals surface area contributed by atoms with Crippen LogP contribution >= 0.6 is 23.2 Å². The van der Waals surface area contributed by atoms with Gasteiger partial charge in [-0.1, -0.05) is 35.3 Å². The molecule has 0 bridgehead atoms. The fraction of sp³-hybridized carbons (Fsp3) is 0.176. The van der Waals surface area contributed by atoms with Crippen molar-refractivity contribution in [1.29, 1.82) is 0 Å². The smallest absolute Gasteiger partial charge is 0.251 e. The van der Waals surface area contributed by atoms with Crippen molar-refractivity contribution in [3.63, 3.8) is 0 Å². The van der Waals surface area contributed by atoms with Crippen LogP contribution in [0.4, 0.5) is 10.1 Å². The van der Waals surface area contributed by atoms with Gasteiger partial charge in [-0.3, -0.25) is 9.59 Å². The predicted molar refractivity (Wildman–Crippen MR) is 93.2 cm³/mol. The number of carbonyl (C=O) groups excluding carboxylic acids is 2. The quantitative estimate of drug-likeness (QED) is 0.869. The van der Waals surface area contributed by atoms with Crippen molar-refractivity contribution in [2.45, 2.75) is 6.92 Å². The summed E-state index contributed by atoms with van der Waals surface area (Å²) in [6, 6.07) is 10.3. The average molecular weight is 369 g/mol. The summed E-state index contributed by atoms with van der Waals surface area (Å²) in [5, 5.41) is 3.25. The Kier molecular flexibility index (Phi) is 6.17. The first-order chi connectivity index (χ1) is 11.4. The lowest BCUT2D eigenvalue weighted by molar-refractivity contribution is -0.116. The molecule has 0 saturated heterocycles. The minimum Gasteiger partial charge on any atom is -0.350 e. The Hall–Kier alpha value is -2.11. The number of hydrogen-bond donors (Lipinski definition) is 1. The summed E-state index contributed by atoms with van der Waals surface area (Å²) in [7, 11) is 0. The summed E-state index contributed by atoms with van der Waals surface area (Å²) < 4.78 is 13.1. The van der Waals surface area contributed by atoms with Crippen LogP contribution in [0.15, 0.2) is 42.5 Å². The average Bonchev–Trinajstić information content (AvgIpc) is 2.54. The van der Waals surface area contributed by atoms with Gasteiger partial charge >= 0.3 is 0 Å². The number of hydrogen-bond acceptors (Lipinski definition) is 2. The number of anilines is 1. The highest BCUT2D eigenvalue weighted by molar-refractivity contribution is 6.44. The highest BCUT2D eigenvalue weighted by Gasteiger charge is 2.16. The van der Waals surface area contributed by atoms with E-state index < -0.39 is 11.7 Å². The molecule has 24 heavy (non-hydrogen) atoms. The monoisotopic (exact) mass is 368 g/mol. The van der Waals surface area contributed by atoms with Gasteiger partial charge in [0.25, 0.3) is 5.91 Å². The number of rotatable bonds is 5. The molecule has 0 aliphatic heterocycles. The van der Waals surface area contributed by atoms with E-state index in [0.29, 0.717) is 10.7 Å². The molecule has 0 fully saturated rings. The minimum absolute atomic E-state index is 0.178. The Morgan fingerprint density at radius 1 is 1.17 bits per heavy atom. The lowest BCUT2D eigenvalue weighted by Gasteiger charge is -2.23. The first kappa shape index (κ1) is 18.2. The summed E-state index contributed by atoms with van der Waals surface area (Å²) in [5.41, 5.74) is 0.682. The third kappa shape index (κ3) is 4.46. The predicted octanol–water partition coefficient (Wildman–Crippen LogP) is 3.92. The molecule has 0 aliphatic rings. The van der Waals surface area contributed by atoms with Crippen molar-refractivity contribution < 1.29 is 14.0 Å². The second-order valence-electron chi connectivity index (χ2n) is 5.01. The molecule has 0 atom stereocenters. The maximum atomic E-state index is 13.1. The van der Waals surface area contributed by atoms with Crippen LogP contribution in [0.1, 0.15) is 17.3 Å². The van der Waals surface area contributed by atoms with E-state index in [-0.39, 0.29) is 29.6 Å². The fourth-order valence-corrected chi connectivity index (χ4v) is 2.56. The fourth-order valence-electron chi connectivity index (χ4n) is 2.16. The zero-order valence-electron chi connectivity index (χ0n) is 12.9. The largest absolute Gasteiger partial charge is 0.350 e. The molecule has 0 aliphatic carbocycles. The molecule has 7 heteroatoms. The normalized spacial score (nSPS) is 10.3. The van der Waals surface area contributed by atoms with Crippen LogP contribution in [0.2, 0.25) is 10.0 Å². The van der Waals surface area contributed by atoms with Crippen LogP contribution in [0.5, 0.6) is 0 Å². The van der Waals surface area contributed by atoms with Crippen LogP contribution in [0.25, 0.3) is 0 Å². The Morgan fingerprint density at radius 3 is 2.54 bits per heavy atom. The molecule has 2 aromatic carbocycles. The van der Waals surface area contributed by atoms with Gasteiger partial charge in [0.15, 0.2) is 0 Å². The van der Waals surface area contributed by atoms with E-state index in [1.54, 1.807) is 18.2 Å². The van der Waals surface area contributed by atoms with Crippen LogP contribution in [-0.4, -0.2) is 24.9 Å². The van der Waals surface area contributed by atoms with Crippen molar-refractivity contribution in [2.24, 2.45) is 0 Å². The van der Waals surface area contributed by atoms with Crippen molar-refractivity contribution >= 4 is 40.7 Å². The van der Waals surface area contributed by atoms with Crippen molar-refractivity contribution in [2.75, 3.05) is 18.0 Å². The number of carbonyl (C=O) groups is 2. The zero-order valence-corrected chi connectivity index (χ0v) is 14.4. The molecule has 2 amide bonds. The first-order valence-electron chi connectivity index (χ1n) is 7.16. The van der Waals surface area contributed by atoms with Gasteiger partial charge in [0.1, 0.15) is 5.82 Å². The standard InChI is InChI=1S/C17H15Cl2FN2O2/c1-11(23)22(15-7-3-6-14(18)16(15)19)9-8-21-17(24)12-4-2-5-13(20)10-12/h2-7,10H,8-9H2,1H3,(H,21,24). The number of nitrogens with one attached hydrogen (secondary N) is 1. The number of nitrogens with zero attached hydrogens (tertiary/aromatic N) is 1. The zero-order chi connectivity index (χ0) is 17.7. The van der Waals surface area contributed by atoms with Crippen molar-refractivity contribution in [3.05, 3.63) is 63.9 Å². The Labute approximate surface area is 149 Å². The molecule has 0 saturated carbocycles. The van der Waals surface area contributed by atoms with Crippen LogP contribution in [0, 0.1) is 5.82 Å². The first-order valence-corrected chi connectivity index (χ1v) is 7.91. The molecule has 0 aromatic heterocycles. The van der Waals surface area contributed by atoms with E-state index in [0.717, 1.165) is 6.07 Å². The van der Waals surface area contributed by atoms with Crippen molar-refractivity contribution in [3.8, 4) is 0 Å². The van der Waals surface area contributed by atoms with Gasteiger partial charge in [-0.2, -0.15) is 0 Å². The van der Waals surface area contributed by atoms with Gasteiger partial charge in [0.05, 0.1) is 15.7 Å². The molecular weight excluding hydrogens is 354 g/mol. The molecule has 2 aromatic rings. The maximum Gasteiger partial charge on any atom is 0.251 e. The van der Waals surface area contributed by atoms with Crippen molar-refractivity contribution in [1.82, 2.24) is 5.32 Å². The third-order valence-corrected chi connectivity index (χ3v) is 4.12. The molecule has 0 unspecified atom stereocenters. The highest BCUT2D eigenvalue weighted by atomic mass is 35.5. The van der Waals surface area contributed by atoms with Crippen LogP contribution < -0.4 is 10.2 Å². The summed E-state index contributed by atoms with van der Waals surface area (Å²) in [4.78, 5) is 25.3. The van der Waals surface area contributed by atoms with E-state index >= 15 is 0 Å². The second-order valence-corrected chi connectivity index (χ2v) is 5.80. The Balaban J connectivity index is 2.03. The minimum atomic E-state index is -0.487. The second kappa shape index (κ2) is 8.13. The summed E-state index contributed by atoms with van der Waals surface area (Å²) in [6.45, 7) is 1.78. The van der Waals surface area contributed by atoms with E-state index in [1.807, 2.05) is 0 Å². The summed E-state index contributed by atoms with van der Waals surface area (Å²) >= 11 is 12.1. The lowest BCUT2D eigenvalue weighted by atomic mass is 10.2. The number of halogens is 3. The molecule has 0 spiro atoms. The SMILES string of the molecule is CC(=O)N(CCNC(=O)c1cccc(F)c1)c1cccc(Cl)c1Cl. The van der Waals surface area contributed by atoms with E-state index in [4.69, 9.17) is 23.2 Å². The summed E-state index contributed by atoms with van der Waals surface area (Å²) in [6.07, 6.45) is 0. The molecule has 126 valence electrons. The van der Waals surface area contributed by atoms with Crippen LogP contribution in [-0.2, 0) is 4.79 Å². The maximum absolute atomic E-state index is 13.1. The lowest BCUT2D eigenvalue weighted by Crippen LogP contribution is -2.37. The Morgan fingerprint density at radius 2 is 1.88 bits per heavy atom. The van der Waals surface area contributed by atoms with E-state index in [2.05, 4.69) is 5.32 Å². The molecule has 0 heterocycles. The van der Waals surface area contributed by atoms with Gasteiger partial charge < -0.3 is 10.2 Å². The highest BCUT2D eigenvalue weighted by Crippen LogP contribution is 2.32. The van der Waals surface area contributed by atoms with Gasteiger partial charge in [-0.25, -0.2) is 4.39 Å². The van der Waals surface area contributed by atoms with E-state index in [1.165, 1.54) is 30.0 Å². The summed E-state index contributed by atoms with van der Waals surface area (Å²) in [5.74, 6) is -1.15. The van der Waals surface area contributed by atoms with E-state index in [9.17, 15) is 14.0 Å². The Bertz CT molecular complexity index is 768. The van der Waals surface area contributed by atoms with Gasteiger partial charge in [-0.15, -0.1) is 0 Å². The molecular formula is C17H15Cl2FN2O2. The molecule has 2 rings (SSSR count). The van der Waals surface area contributed by atoms with Gasteiger partial charge in [0, 0.05) is 25.6 Å². The molecule has 1 N–H and O–H groups in total. The number of amides is 2. The van der Waals surface area contributed by atoms with Crippen LogP contribution in [0.3, 0.4) is 0 Å². The van der Waals surface area contributed by atoms with Gasteiger partial charge in [0.2, 0.25) is 5.91 Å².